The smallest absolute Gasteiger partial charge is 0.320 e. The molecule has 4 heterocycles. The Morgan fingerprint density at radius 3 is 2.70 bits per heavy atom. The maximum absolute atomic E-state index is 13.4. The fourth-order valence-corrected chi connectivity index (χ4v) is 6.67. The summed E-state index contributed by atoms with van der Waals surface area (Å²) in [7, 11) is 0. The van der Waals surface area contributed by atoms with E-state index in [2.05, 4.69) is 49.9 Å². The van der Waals surface area contributed by atoms with E-state index in [1.165, 1.54) is 6.42 Å². The van der Waals surface area contributed by atoms with Gasteiger partial charge in [0.15, 0.2) is 5.65 Å². The summed E-state index contributed by atoms with van der Waals surface area (Å²) in [6.45, 7) is 5.21. The number of hydrogen-bond acceptors (Lipinski definition) is 8. The molecule has 0 bridgehead atoms. The van der Waals surface area contributed by atoms with E-state index in [1.807, 2.05) is 72.1 Å². The lowest BCUT2D eigenvalue weighted by molar-refractivity contribution is 0.171. The number of pyridine rings is 1. The monoisotopic (exact) mass is 636 g/mol. The van der Waals surface area contributed by atoms with Gasteiger partial charge in [-0.3, -0.25) is 9.72 Å². The number of carbonyl (C=O) groups is 1. The maximum atomic E-state index is 13.4. The molecule has 0 radical (unpaired) electrons. The molecule has 0 saturated carbocycles. The van der Waals surface area contributed by atoms with Crippen LogP contribution in [0.25, 0.3) is 11.3 Å². The topological polar surface area (TPSA) is 131 Å². The first-order chi connectivity index (χ1) is 23.0. The highest BCUT2D eigenvalue weighted by Gasteiger charge is 2.30. The van der Waals surface area contributed by atoms with Crippen LogP contribution in [0.3, 0.4) is 0 Å². The zero-order valence-electron chi connectivity index (χ0n) is 26.7. The predicted molar refractivity (Wildman–Crippen MR) is 178 cm³/mol. The van der Waals surface area contributed by atoms with Gasteiger partial charge in [-0.05, 0) is 81.3 Å². The van der Waals surface area contributed by atoms with Gasteiger partial charge in [-0.1, -0.05) is 30.3 Å². The van der Waals surface area contributed by atoms with E-state index in [0.29, 0.717) is 24.0 Å². The molecule has 1 aliphatic heterocycles. The van der Waals surface area contributed by atoms with E-state index in [-0.39, 0.29) is 31.4 Å². The number of urea groups is 1. The van der Waals surface area contributed by atoms with Gasteiger partial charge in [0.2, 0.25) is 5.95 Å². The van der Waals surface area contributed by atoms with Gasteiger partial charge in [0.25, 0.3) is 0 Å². The molecule has 47 heavy (non-hydrogen) atoms. The van der Waals surface area contributed by atoms with Crippen molar-refractivity contribution >= 4 is 23.4 Å². The number of anilines is 2. The fraction of sp³-hybridized carbons (Fsp3) is 0.371. The second-order valence-electron chi connectivity index (χ2n) is 12.2. The zero-order chi connectivity index (χ0) is 32.3. The van der Waals surface area contributed by atoms with Crippen LogP contribution in [-0.2, 0) is 0 Å². The number of aryl methyl sites for hydroxylation is 1. The summed E-state index contributed by atoms with van der Waals surface area (Å²) in [6, 6.07) is 21.1. The van der Waals surface area contributed by atoms with Crippen molar-refractivity contribution in [2.24, 2.45) is 0 Å². The average Bonchev–Trinajstić information content (AvgIpc) is 3.67. The van der Waals surface area contributed by atoms with Crippen LogP contribution in [0.15, 0.2) is 72.9 Å². The quantitative estimate of drug-likeness (QED) is 0.187. The summed E-state index contributed by atoms with van der Waals surface area (Å²) in [5.74, 6) is 2.75. The Hall–Kier alpha value is -5.10. The molecular formula is C35H40N8O4. The third kappa shape index (κ3) is 6.46. The van der Waals surface area contributed by atoms with Gasteiger partial charge in [-0.2, -0.15) is 5.10 Å². The Morgan fingerprint density at radius 1 is 0.979 bits per heavy atom. The normalized spacial score (nSPS) is 19.3. The first-order valence-electron chi connectivity index (χ1n) is 16.3. The number of aliphatic hydroxyl groups excluding tert-OH is 1. The van der Waals surface area contributed by atoms with E-state index in [0.717, 1.165) is 65.7 Å². The van der Waals surface area contributed by atoms with Crippen LogP contribution >= 0.6 is 0 Å². The van der Waals surface area contributed by atoms with Gasteiger partial charge < -0.3 is 24.8 Å². The highest BCUT2D eigenvalue weighted by atomic mass is 16.5. The molecule has 5 aromatic rings. The summed E-state index contributed by atoms with van der Waals surface area (Å²) in [4.78, 5) is 15.7. The van der Waals surface area contributed by atoms with Gasteiger partial charge >= 0.3 is 6.03 Å². The number of aliphatic hydroxyl groups is 1. The summed E-state index contributed by atoms with van der Waals surface area (Å²) in [5, 5.41) is 28.8. The molecule has 12 nitrogen and oxygen atoms in total. The molecule has 244 valence electrons. The van der Waals surface area contributed by atoms with Crippen LogP contribution in [-0.4, -0.2) is 61.3 Å². The van der Waals surface area contributed by atoms with E-state index < -0.39 is 0 Å². The molecule has 3 atom stereocenters. The van der Waals surface area contributed by atoms with Crippen molar-refractivity contribution in [2.75, 3.05) is 30.0 Å². The number of piperidine rings is 1. The Balaban J connectivity index is 1.06. The summed E-state index contributed by atoms with van der Waals surface area (Å²) < 4.78 is 15.9. The lowest BCUT2D eigenvalue weighted by atomic mass is 9.85. The van der Waals surface area contributed by atoms with E-state index in [9.17, 15) is 4.79 Å². The molecule has 3 aromatic heterocycles. The molecule has 1 fully saturated rings. The lowest BCUT2D eigenvalue weighted by Gasteiger charge is -2.33. The van der Waals surface area contributed by atoms with Gasteiger partial charge in [0.05, 0.1) is 30.2 Å². The summed E-state index contributed by atoms with van der Waals surface area (Å²) in [6.07, 6.45) is 6.81. The molecule has 1 saturated heterocycles. The van der Waals surface area contributed by atoms with Gasteiger partial charge in [0, 0.05) is 24.7 Å². The number of carbonyl (C=O) groups excluding carboxylic acids is 1. The SMILES string of the molecule is Cc1cc(NC(=O)N[C@H]2CC[C@@H](Oc3ccc4nnc(N5CCCC[C@@H]5C)n4c3)c3ccccc32)n(-c2cccc(OCCO)c2)n1. The lowest BCUT2D eigenvalue weighted by Crippen LogP contribution is -2.38. The van der Waals surface area contributed by atoms with E-state index in [1.54, 1.807) is 4.68 Å². The number of fused-ring (bicyclic) bond motifs is 2. The molecule has 0 spiro atoms. The van der Waals surface area contributed by atoms with Crippen LogP contribution in [0.5, 0.6) is 11.5 Å². The Kier molecular flexibility index (Phi) is 8.66. The van der Waals surface area contributed by atoms with Crippen molar-refractivity contribution < 1.29 is 19.4 Å². The van der Waals surface area contributed by atoms with E-state index >= 15 is 0 Å². The molecule has 3 N–H and O–H groups in total. The molecule has 0 unspecified atom stereocenters. The predicted octanol–water partition coefficient (Wildman–Crippen LogP) is 5.75. The maximum Gasteiger partial charge on any atom is 0.320 e. The molecule has 7 rings (SSSR count). The Bertz CT molecular complexity index is 1870. The number of ether oxygens (including phenoxy) is 2. The molecule has 2 amide bonds. The highest BCUT2D eigenvalue weighted by Crippen LogP contribution is 2.39. The third-order valence-electron chi connectivity index (χ3n) is 8.93. The van der Waals surface area contributed by atoms with Gasteiger partial charge in [0.1, 0.15) is 30.0 Å². The van der Waals surface area contributed by atoms with Crippen LogP contribution in [0.1, 0.15) is 68.0 Å². The third-order valence-corrected chi connectivity index (χ3v) is 8.93. The van der Waals surface area contributed by atoms with Crippen molar-refractivity contribution in [1.29, 1.82) is 0 Å². The van der Waals surface area contributed by atoms with Gasteiger partial charge in [-0.15, -0.1) is 10.2 Å². The van der Waals surface area contributed by atoms with Crippen LogP contribution in [0.4, 0.5) is 16.6 Å². The average molecular weight is 637 g/mol. The number of benzene rings is 2. The number of nitrogens with one attached hydrogen (secondary N) is 2. The highest BCUT2D eigenvalue weighted by molar-refractivity contribution is 5.89. The molecule has 12 heteroatoms. The minimum absolute atomic E-state index is 0.0761. The first kappa shape index (κ1) is 30.5. The number of amides is 2. The molecule has 2 aromatic carbocycles. The van der Waals surface area contributed by atoms with Crippen LogP contribution in [0.2, 0.25) is 0 Å². The van der Waals surface area contributed by atoms with Crippen molar-refractivity contribution in [3.63, 3.8) is 0 Å². The first-order valence-corrected chi connectivity index (χ1v) is 16.3. The van der Waals surface area contributed by atoms with E-state index in [4.69, 9.17) is 14.6 Å². The van der Waals surface area contributed by atoms with Crippen LogP contribution < -0.4 is 25.0 Å². The second-order valence-corrected chi connectivity index (χ2v) is 12.2. The minimum Gasteiger partial charge on any atom is -0.491 e. The second kappa shape index (κ2) is 13.3. The molecule has 2 aliphatic rings. The fourth-order valence-electron chi connectivity index (χ4n) is 6.67. The standard InChI is InChI=1S/C35H40N8O4/c1-23-20-33(43(40-23)25-9-7-10-26(21-25)46-19-18-44)37-34(45)36-30-14-15-31(29-12-4-3-11-28(29)30)47-27-13-16-32-38-39-35(42(32)22-27)41-17-6-5-8-24(41)2/h3-4,7,9-13,16,20-22,24,30-31,44H,5-6,8,14-15,17-19H2,1-2H3,(H2,36,37,45)/t24-,30-,31+/m0/s1. The number of rotatable bonds is 9. The minimum atomic E-state index is -0.324. The number of aromatic nitrogens is 5. The van der Waals surface area contributed by atoms with Gasteiger partial charge in [-0.25, -0.2) is 9.48 Å². The zero-order valence-corrected chi connectivity index (χ0v) is 26.7. The Labute approximate surface area is 273 Å². The van der Waals surface area contributed by atoms with Crippen molar-refractivity contribution in [2.45, 2.75) is 64.1 Å². The largest absolute Gasteiger partial charge is 0.491 e. The number of nitrogens with zero attached hydrogens (tertiary/aromatic N) is 6. The summed E-state index contributed by atoms with van der Waals surface area (Å²) >= 11 is 0. The molecule has 1 aliphatic carbocycles. The van der Waals surface area contributed by atoms with Crippen molar-refractivity contribution in [1.82, 2.24) is 29.7 Å². The number of hydrogen-bond donors (Lipinski definition) is 3. The molecular weight excluding hydrogens is 596 g/mol. The Morgan fingerprint density at radius 2 is 1.85 bits per heavy atom. The van der Waals surface area contributed by atoms with Crippen molar-refractivity contribution in [3.8, 4) is 17.2 Å². The summed E-state index contributed by atoms with van der Waals surface area (Å²) in [5.41, 5.74) is 4.37. The van der Waals surface area contributed by atoms with Crippen molar-refractivity contribution in [3.05, 3.63) is 89.7 Å². The van der Waals surface area contributed by atoms with Crippen LogP contribution in [0, 0.1) is 6.92 Å².